The van der Waals surface area contributed by atoms with Crippen LogP contribution in [0.1, 0.15) is 15.9 Å². The van der Waals surface area contributed by atoms with Crippen molar-refractivity contribution < 1.29 is 9.53 Å². The van der Waals surface area contributed by atoms with Crippen LogP contribution in [0.2, 0.25) is 0 Å². The molecule has 166 valence electrons. The molecule has 8 nitrogen and oxygen atoms in total. The minimum Gasteiger partial charge on any atom is -0.486 e. The highest BCUT2D eigenvalue weighted by Crippen LogP contribution is 2.30. The number of nitrogen functional groups attached to an aromatic ring is 3. The number of rotatable bonds is 7. The first kappa shape index (κ1) is 21.7. The molecule has 0 saturated carbocycles. The second kappa shape index (κ2) is 9.71. The van der Waals surface area contributed by atoms with Gasteiger partial charge in [0.25, 0.3) is 5.91 Å². The fourth-order valence-electron chi connectivity index (χ4n) is 3.32. The number of hydrogen-bond donors (Lipinski definition) is 5. The predicted molar refractivity (Wildman–Crippen MR) is 131 cm³/mol. The van der Waals surface area contributed by atoms with Gasteiger partial charge in [-0.1, -0.05) is 48.5 Å². The molecule has 0 fully saturated rings. The van der Waals surface area contributed by atoms with E-state index in [4.69, 9.17) is 22.0 Å². The van der Waals surface area contributed by atoms with Crippen molar-refractivity contribution in [2.24, 2.45) is 5.84 Å². The number of anilines is 4. The molecule has 4 rings (SSSR count). The molecule has 1 aromatic heterocycles. The summed E-state index contributed by atoms with van der Waals surface area (Å²) in [4.78, 5) is 16.5. The number of nitrogens with zero attached hydrogens (tertiary/aromatic N) is 1. The first-order chi connectivity index (χ1) is 16.0. The van der Waals surface area contributed by atoms with Gasteiger partial charge in [-0.15, -0.1) is 0 Å². The standard InChI is InChI=1S/C25H24N6O2/c26-22-14-21(23(27)24(30-22)31-28)33-15-16-5-4-6-19(13-16)17-9-11-18(12-10-17)25(32)29-20-7-2-1-3-8-20/h1-14H,15,27-28H2,(H,29,32)(H3,26,30,31). The van der Waals surface area contributed by atoms with Crippen LogP contribution in [0.5, 0.6) is 5.75 Å². The first-order valence-corrected chi connectivity index (χ1v) is 10.2. The van der Waals surface area contributed by atoms with Crippen molar-refractivity contribution in [3.63, 3.8) is 0 Å². The summed E-state index contributed by atoms with van der Waals surface area (Å²) in [6.45, 7) is 0.281. The highest BCUT2D eigenvalue weighted by Gasteiger charge is 2.10. The molecule has 0 saturated heterocycles. The van der Waals surface area contributed by atoms with Crippen molar-refractivity contribution in [1.29, 1.82) is 0 Å². The van der Waals surface area contributed by atoms with E-state index in [1.807, 2.05) is 66.7 Å². The zero-order chi connectivity index (χ0) is 23.2. The van der Waals surface area contributed by atoms with Crippen LogP contribution in [0.25, 0.3) is 11.1 Å². The van der Waals surface area contributed by atoms with Gasteiger partial charge in [-0.2, -0.15) is 0 Å². The molecule has 3 aromatic carbocycles. The van der Waals surface area contributed by atoms with E-state index < -0.39 is 0 Å². The van der Waals surface area contributed by atoms with E-state index in [1.165, 1.54) is 0 Å². The molecular formula is C25H24N6O2. The zero-order valence-corrected chi connectivity index (χ0v) is 17.8. The van der Waals surface area contributed by atoms with Gasteiger partial charge in [-0.3, -0.25) is 4.79 Å². The number of aromatic nitrogens is 1. The maximum atomic E-state index is 12.5. The normalized spacial score (nSPS) is 10.5. The number of amides is 1. The zero-order valence-electron chi connectivity index (χ0n) is 17.8. The Morgan fingerprint density at radius 3 is 2.36 bits per heavy atom. The lowest BCUT2D eigenvalue weighted by atomic mass is 10.0. The van der Waals surface area contributed by atoms with E-state index in [0.717, 1.165) is 22.4 Å². The van der Waals surface area contributed by atoms with Gasteiger partial charge in [0, 0.05) is 17.3 Å². The van der Waals surface area contributed by atoms with Crippen molar-refractivity contribution in [1.82, 2.24) is 4.98 Å². The molecule has 0 unspecified atom stereocenters. The van der Waals surface area contributed by atoms with Gasteiger partial charge in [-0.25, -0.2) is 10.8 Å². The number of nitrogens with one attached hydrogen (secondary N) is 2. The third-order valence-corrected chi connectivity index (χ3v) is 5.01. The summed E-state index contributed by atoms with van der Waals surface area (Å²) in [5.74, 6) is 6.17. The lowest BCUT2D eigenvalue weighted by Gasteiger charge is -2.13. The van der Waals surface area contributed by atoms with E-state index in [9.17, 15) is 4.79 Å². The van der Waals surface area contributed by atoms with Crippen LogP contribution >= 0.6 is 0 Å². The largest absolute Gasteiger partial charge is 0.486 e. The molecule has 0 spiro atoms. The summed E-state index contributed by atoms with van der Waals surface area (Å²) in [5, 5.41) is 2.88. The number of hydrazine groups is 1. The topological polar surface area (TPSA) is 141 Å². The fourth-order valence-corrected chi connectivity index (χ4v) is 3.32. The molecule has 0 aliphatic heterocycles. The molecule has 1 amide bonds. The molecule has 33 heavy (non-hydrogen) atoms. The Morgan fingerprint density at radius 2 is 1.64 bits per heavy atom. The quantitative estimate of drug-likeness (QED) is 0.216. The maximum Gasteiger partial charge on any atom is 0.255 e. The minimum atomic E-state index is -0.157. The SMILES string of the molecule is NNc1nc(N)cc(OCc2cccc(-c3ccc(C(=O)Nc4ccccc4)cc3)c2)c1N. The number of carbonyl (C=O) groups is 1. The molecule has 1 heterocycles. The number of hydrogen-bond acceptors (Lipinski definition) is 7. The Balaban J connectivity index is 1.46. The molecule has 0 aliphatic rings. The monoisotopic (exact) mass is 440 g/mol. The molecule has 8 heteroatoms. The van der Waals surface area contributed by atoms with Crippen molar-refractivity contribution in [3.05, 3.63) is 96.1 Å². The smallest absolute Gasteiger partial charge is 0.255 e. The van der Waals surface area contributed by atoms with Crippen LogP contribution in [-0.2, 0) is 6.61 Å². The molecule has 0 bridgehead atoms. The van der Waals surface area contributed by atoms with Crippen LogP contribution in [0.15, 0.2) is 84.9 Å². The molecule has 0 aliphatic carbocycles. The van der Waals surface area contributed by atoms with Gasteiger partial charge in [0.05, 0.1) is 0 Å². The second-order valence-corrected chi connectivity index (χ2v) is 7.34. The maximum absolute atomic E-state index is 12.5. The summed E-state index contributed by atoms with van der Waals surface area (Å²) in [7, 11) is 0. The average Bonchev–Trinajstić information content (AvgIpc) is 2.85. The van der Waals surface area contributed by atoms with Crippen LogP contribution < -0.4 is 32.8 Å². The second-order valence-electron chi connectivity index (χ2n) is 7.34. The van der Waals surface area contributed by atoms with Crippen molar-refractivity contribution >= 4 is 28.9 Å². The highest BCUT2D eigenvalue weighted by molar-refractivity contribution is 6.04. The van der Waals surface area contributed by atoms with Crippen LogP contribution in [-0.4, -0.2) is 10.9 Å². The molecule has 0 atom stereocenters. The molecular weight excluding hydrogens is 416 g/mol. The van der Waals surface area contributed by atoms with Crippen LogP contribution in [0.4, 0.5) is 23.0 Å². The number of pyridine rings is 1. The predicted octanol–water partition coefficient (Wildman–Crippen LogP) is 4.03. The summed E-state index contributed by atoms with van der Waals surface area (Å²) in [6.07, 6.45) is 0. The van der Waals surface area contributed by atoms with E-state index in [1.54, 1.807) is 18.2 Å². The Hall–Kier alpha value is -4.56. The van der Waals surface area contributed by atoms with Crippen LogP contribution in [0, 0.1) is 0 Å². The lowest BCUT2D eigenvalue weighted by molar-refractivity contribution is 0.102. The van der Waals surface area contributed by atoms with E-state index in [0.29, 0.717) is 11.3 Å². The van der Waals surface area contributed by atoms with Crippen LogP contribution in [0.3, 0.4) is 0 Å². The highest BCUT2D eigenvalue weighted by atomic mass is 16.5. The summed E-state index contributed by atoms with van der Waals surface area (Å²) in [5.41, 5.74) is 18.7. The number of ether oxygens (including phenoxy) is 1. The van der Waals surface area contributed by atoms with Crippen molar-refractivity contribution in [2.75, 3.05) is 22.2 Å². The average molecular weight is 441 g/mol. The van der Waals surface area contributed by atoms with E-state index in [2.05, 4.69) is 15.7 Å². The van der Waals surface area contributed by atoms with E-state index >= 15 is 0 Å². The number of para-hydroxylation sites is 1. The minimum absolute atomic E-state index is 0.157. The lowest BCUT2D eigenvalue weighted by Crippen LogP contribution is -2.13. The third kappa shape index (κ3) is 5.20. The Kier molecular flexibility index (Phi) is 6.38. The summed E-state index contributed by atoms with van der Waals surface area (Å²) in [6, 6.07) is 26.3. The molecule has 4 aromatic rings. The van der Waals surface area contributed by atoms with Gasteiger partial charge in [-0.05, 0) is 47.0 Å². The van der Waals surface area contributed by atoms with E-state index in [-0.39, 0.29) is 29.8 Å². The first-order valence-electron chi connectivity index (χ1n) is 10.2. The van der Waals surface area contributed by atoms with Gasteiger partial charge in [0.1, 0.15) is 23.9 Å². The van der Waals surface area contributed by atoms with Gasteiger partial charge >= 0.3 is 0 Å². The van der Waals surface area contributed by atoms with Crippen molar-refractivity contribution in [2.45, 2.75) is 6.61 Å². The number of carbonyl (C=O) groups excluding carboxylic acids is 1. The summed E-state index contributed by atoms with van der Waals surface area (Å²) < 4.78 is 5.85. The Labute approximate surface area is 191 Å². The Morgan fingerprint density at radius 1 is 0.879 bits per heavy atom. The van der Waals surface area contributed by atoms with Gasteiger partial charge < -0.3 is 26.9 Å². The van der Waals surface area contributed by atoms with Gasteiger partial charge in [0.15, 0.2) is 5.82 Å². The Bertz CT molecular complexity index is 1260. The number of benzene rings is 3. The summed E-state index contributed by atoms with van der Waals surface area (Å²) >= 11 is 0. The number of nitrogens with two attached hydrogens (primary N) is 3. The van der Waals surface area contributed by atoms with Crippen molar-refractivity contribution in [3.8, 4) is 16.9 Å². The molecule has 8 N–H and O–H groups in total. The third-order valence-electron chi connectivity index (χ3n) is 5.01. The fraction of sp³-hybridized carbons (Fsp3) is 0.0400. The molecule has 0 radical (unpaired) electrons. The van der Waals surface area contributed by atoms with Gasteiger partial charge in [0.2, 0.25) is 0 Å².